The van der Waals surface area contributed by atoms with Gasteiger partial charge in [0.25, 0.3) is 0 Å². The standard InChI is InChI=1S/C15H15Cl2F2N3O3/c1-3-25-13(23)5-4-9-6-12(11(17)7-10(9)16)22-15(24)21(14(18)19)8(2)20-22/h6-7,14H,3-5H2,1-2H3. The molecule has 2 aromatic rings. The molecular formula is C15H15Cl2F2N3O3. The van der Waals surface area contributed by atoms with Crippen molar-refractivity contribution in [1.29, 1.82) is 0 Å². The van der Waals surface area contributed by atoms with Crippen molar-refractivity contribution in [3.05, 3.63) is 44.1 Å². The molecule has 0 atom stereocenters. The molecule has 0 spiro atoms. The number of rotatable bonds is 6. The van der Waals surface area contributed by atoms with Crippen molar-refractivity contribution >= 4 is 29.2 Å². The Morgan fingerprint density at radius 1 is 1.32 bits per heavy atom. The van der Waals surface area contributed by atoms with E-state index in [9.17, 15) is 18.4 Å². The van der Waals surface area contributed by atoms with E-state index in [1.165, 1.54) is 19.1 Å². The molecule has 6 nitrogen and oxygen atoms in total. The van der Waals surface area contributed by atoms with Crippen LogP contribution in [-0.2, 0) is 16.0 Å². The molecule has 136 valence electrons. The molecule has 25 heavy (non-hydrogen) atoms. The van der Waals surface area contributed by atoms with Crippen LogP contribution in [0.4, 0.5) is 8.78 Å². The molecular weight excluding hydrogens is 379 g/mol. The summed E-state index contributed by atoms with van der Waals surface area (Å²) in [5.41, 5.74) is -0.393. The fraction of sp³-hybridized carbons (Fsp3) is 0.400. The Balaban J connectivity index is 2.43. The maximum atomic E-state index is 12.9. The number of nitrogens with zero attached hydrogens (tertiary/aromatic N) is 3. The molecule has 0 N–H and O–H groups in total. The number of halogens is 4. The average molecular weight is 394 g/mol. The number of alkyl halides is 2. The minimum Gasteiger partial charge on any atom is -0.466 e. The van der Waals surface area contributed by atoms with E-state index >= 15 is 0 Å². The van der Waals surface area contributed by atoms with E-state index in [0.29, 0.717) is 5.56 Å². The lowest BCUT2D eigenvalue weighted by atomic mass is 10.1. The van der Waals surface area contributed by atoms with Crippen LogP contribution in [0, 0.1) is 6.92 Å². The fourth-order valence-corrected chi connectivity index (χ4v) is 2.82. The van der Waals surface area contributed by atoms with Crippen molar-refractivity contribution in [2.45, 2.75) is 33.2 Å². The van der Waals surface area contributed by atoms with Crippen LogP contribution in [0.3, 0.4) is 0 Å². The van der Waals surface area contributed by atoms with Crippen LogP contribution in [0.5, 0.6) is 0 Å². The van der Waals surface area contributed by atoms with Crippen LogP contribution in [0.15, 0.2) is 16.9 Å². The summed E-state index contributed by atoms with van der Waals surface area (Å²) in [6.07, 6.45) is 0.319. The smallest absolute Gasteiger partial charge is 0.355 e. The number of hydrogen-bond donors (Lipinski definition) is 0. The Morgan fingerprint density at radius 2 is 2.00 bits per heavy atom. The lowest BCUT2D eigenvalue weighted by Crippen LogP contribution is -2.25. The second kappa shape index (κ2) is 7.97. The molecule has 1 aromatic carbocycles. The van der Waals surface area contributed by atoms with Crippen LogP contribution < -0.4 is 5.69 Å². The number of hydrogen-bond acceptors (Lipinski definition) is 4. The summed E-state index contributed by atoms with van der Waals surface area (Å²) in [4.78, 5) is 23.6. The first-order chi connectivity index (χ1) is 11.8. The van der Waals surface area contributed by atoms with Gasteiger partial charge in [-0.3, -0.25) is 4.79 Å². The largest absolute Gasteiger partial charge is 0.466 e. The molecule has 2 rings (SSSR count). The number of carbonyl (C=O) groups is 1. The van der Waals surface area contributed by atoms with Gasteiger partial charge in [0.1, 0.15) is 5.82 Å². The Hall–Kier alpha value is -1.93. The van der Waals surface area contributed by atoms with Gasteiger partial charge in [-0.05, 0) is 38.0 Å². The summed E-state index contributed by atoms with van der Waals surface area (Å²) in [6.45, 7) is 0.225. The van der Waals surface area contributed by atoms with Gasteiger partial charge in [0.15, 0.2) is 0 Å². The van der Waals surface area contributed by atoms with Crippen LogP contribution in [0.1, 0.15) is 31.3 Å². The van der Waals surface area contributed by atoms with Gasteiger partial charge in [0, 0.05) is 11.4 Å². The van der Waals surface area contributed by atoms with Crippen molar-refractivity contribution in [3.63, 3.8) is 0 Å². The highest BCUT2D eigenvalue weighted by Gasteiger charge is 2.20. The van der Waals surface area contributed by atoms with E-state index in [-0.39, 0.29) is 45.6 Å². The van der Waals surface area contributed by atoms with E-state index in [1.807, 2.05) is 0 Å². The van der Waals surface area contributed by atoms with E-state index in [4.69, 9.17) is 27.9 Å². The lowest BCUT2D eigenvalue weighted by Gasteiger charge is -2.09. The van der Waals surface area contributed by atoms with Gasteiger partial charge >= 0.3 is 18.2 Å². The summed E-state index contributed by atoms with van der Waals surface area (Å²) in [7, 11) is 0. The molecule has 0 unspecified atom stereocenters. The molecule has 0 bridgehead atoms. The Morgan fingerprint density at radius 3 is 2.56 bits per heavy atom. The summed E-state index contributed by atoms with van der Waals surface area (Å²) in [6, 6.07) is 2.83. The fourth-order valence-electron chi connectivity index (χ4n) is 2.26. The van der Waals surface area contributed by atoms with Crippen molar-refractivity contribution in [3.8, 4) is 5.69 Å². The summed E-state index contributed by atoms with van der Waals surface area (Å²) in [5.74, 6) is -0.552. The molecule has 0 saturated heterocycles. The SMILES string of the molecule is CCOC(=O)CCc1cc(-n2nc(C)n(C(F)F)c2=O)c(Cl)cc1Cl. The van der Waals surface area contributed by atoms with Crippen LogP contribution >= 0.6 is 23.2 Å². The highest BCUT2D eigenvalue weighted by atomic mass is 35.5. The van der Waals surface area contributed by atoms with Crippen molar-refractivity contribution in [2.24, 2.45) is 0 Å². The molecule has 0 fully saturated rings. The maximum Gasteiger partial charge on any atom is 0.355 e. The lowest BCUT2D eigenvalue weighted by molar-refractivity contribution is -0.143. The average Bonchev–Trinajstić information content (AvgIpc) is 2.81. The van der Waals surface area contributed by atoms with Crippen LogP contribution in [-0.4, -0.2) is 26.9 Å². The highest BCUT2D eigenvalue weighted by molar-refractivity contribution is 6.36. The third-order valence-electron chi connectivity index (χ3n) is 3.42. The van der Waals surface area contributed by atoms with Gasteiger partial charge in [0.2, 0.25) is 0 Å². The first-order valence-electron chi connectivity index (χ1n) is 7.36. The third kappa shape index (κ3) is 4.19. The van der Waals surface area contributed by atoms with Gasteiger partial charge in [-0.1, -0.05) is 23.2 Å². The summed E-state index contributed by atoms with van der Waals surface area (Å²) >= 11 is 12.2. The number of esters is 1. The number of aromatic nitrogens is 3. The summed E-state index contributed by atoms with van der Waals surface area (Å²) < 4.78 is 31.8. The van der Waals surface area contributed by atoms with Crippen molar-refractivity contribution < 1.29 is 18.3 Å². The highest BCUT2D eigenvalue weighted by Crippen LogP contribution is 2.28. The summed E-state index contributed by atoms with van der Waals surface area (Å²) in [5, 5.41) is 4.19. The molecule has 1 heterocycles. The molecule has 10 heteroatoms. The Kier molecular flexibility index (Phi) is 6.18. The minimum atomic E-state index is -3.02. The molecule has 0 radical (unpaired) electrons. The zero-order valence-corrected chi connectivity index (χ0v) is 14.9. The van der Waals surface area contributed by atoms with E-state index in [0.717, 1.165) is 4.68 Å². The molecule has 0 amide bonds. The van der Waals surface area contributed by atoms with E-state index < -0.39 is 18.2 Å². The first-order valence-corrected chi connectivity index (χ1v) is 8.12. The topological polar surface area (TPSA) is 66.1 Å². The van der Waals surface area contributed by atoms with Crippen molar-refractivity contribution in [1.82, 2.24) is 14.3 Å². The maximum absolute atomic E-state index is 12.9. The third-order valence-corrected chi connectivity index (χ3v) is 4.08. The predicted octanol–water partition coefficient (Wildman–Crippen LogP) is 3.54. The predicted molar refractivity (Wildman–Crippen MR) is 88.8 cm³/mol. The molecule has 0 aliphatic heterocycles. The number of ether oxygens (including phenoxy) is 1. The number of benzene rings is 1. The molecule has 0 saturated carbocycles. The van der Waals surface area contributed by atoms with Gasteiger partial charge in [-0.2, -0.15) is 13.5 Å². The number of aryl methyl sites for hydroxylation is 2. The normalized spacial score (nSPS) is 11.2. The first kappa shape index (κ1) is 19.4. The van der Waals surface area contributed by atoms with Gasteiger partial charge in [0.05, 0.1) is 17.3 Å². The second-order valence-electron chi connectivity index (χ2n) is 5.09. The zero-order valence-electron chi connectivity index (χ0n) is 13.4. The molecule has 1 aromatic heterocycles. The van der Waals surface area contributed by atoms with E-state index in [1.54, 1.807) is 6.92 Å². The second-order valence-corrected chi connectivity index (χ2v) is 5.90. The van der Waals surface area contributed by atoms with Gasteiger partial charge < -0.3 is 4.74 Å². The molecule has 0 aliphatic rings. The van der Waals surface area contributed by atoms with Gasteiger partial charge in [-0.25, -0.2) is 9.36 Å². The van der Waals surface area contributed by atoms with E-state index in [2.05, 4.69) is 5.10 Å². The van der Waals surface area contributed by atoms with Crippen LogP contribution in [0.25, 0.3) is 5.69 Å². The quantitative estimate of drug-likeness (QED) is 0.703. The van der Waals surface area contributed by atoms with Gasteiger partial charge in [-0.15, -0.1) is 5.10 Å². The monoisotopic (exact) mass is 393 g/mol. The van der Waals surface area contributed by atoms with Crippen molar-refractivity contribution in [2.75, 3.05) is 6.61 Å². The Bertz CT molecular complexity index is 849. The zero-order chi connectivity index (χ0) is 18.7. The van der Waals surface area contributed by atoms with Crippen LogP contribution in [0.2, 0.25) is 10.0 Å². The molecule has 0 aliphatic carbocycles. The minimum absolute atomic E-state index is 0.0749. The Labute approximate surface area is 151 Å². The number of carbonyl (C=O) groups excluding carboxylic acids is 1.